The number of anilines is 1. The van der Waals surface area contributed by atoms with Crippen molar-refractivity contribution in [3.05, 3.63) is 59.9 Å². The van der Waals surface area contributed by atoms with Crippen LogP contribution in [-0.2, 0) is 19.1 Å². The molecule has 3 rings (SSSR count). The molecule has 0 amide bonds. The van der Waals surface area contributed by atoms with Gasteiger partial charge in [0.25, 0.3) is 5.79 Å². The minimum absolute atomic E-state index is 0.208. The Morgan fingerprint density at radius 3 is 2.44 bits per heavy atom. The Kier molecular flexibility index (Phi) is 5.14. The lowest BCUT2D eigenvalue weighted by atomic mass is 10.2. The number of nitriles is 1. The summed E-state index contributed by atoms with van der Waals surface area (Å²) in [7, 11) is 0. The number of nitrogens with one attached hydrogen (secondary N) is 1. The predicted octanol–water partition coefficient (Wildman–Crippen LogP) is 3.24. The Balaban J connectivity index is 1.69. The predicted molar refractivity (Wildman–Crippen MR) is 97.5 cm³/mol. The monoisotopic (exact) mass is 381 g/mol. The average Bonchev–Trinajstić information content (AvgIpc) is 2.62. The second-order valence-corrected chi connectivity index (χ2v) is 7.04. The second-order valence-electron chi connectivity index (χ2n) is 5.98. The van der Waals surface area contributed by atoms with Crippen molar-refractivity contribution in [3.63, 3.8) is 0 Å². The Morgan fingerprint density at radius 1 is 1.15 bits per heavy atom. The Labute approximate surface area is 160 Å². The first-order valence-corrected chi connectivity index (χ1v) is 8.76. The third-order valence-electron chi connectivity index (χ3n) is 3.46. The molecule has 0 atom stereocenters. The third kappa shape index (κ3) is 4.46. The largest absolute Gasteiger partial charge is 0.419 e. The fourth-order valence-electron chi connectivity index (χ4n) is 2.22. The van der Waals surface area contributed by atoms with Crippen LogP contribution in [-0.4, -0.2) is 22.7 Å². The van der Waals surface area contributed by atoms with Crippen LogP contribution in [0.4, 0.5) is 5.69 Å². The number of benzene rings is 1. The van der Waals surface area contributed by atoms with Gasteiger partial charge in [0.1, 0.15) is 11.1 Å². The normalized spacial score (nSPS) is 15.4. The van der Waals surface area contributed by atoms with Crippen LogP contribution in [0.15, 0.2) is 64.3 Å². The van der Waals surface area contributed by atoms with Crippen molar-refractivity contribution in [1.29, 1.82) is 5.26 Å². The van der Waals surface area contributed by atoms with E-state index in [1.165, 1.54) is 31.8 Å². The molecule has 8 heteroatoms. The number of pyridine rings is 1. The number of nitrogens with zero attached hydrogens (tertiary/aromatic N) is 2. The van der Waals surface area contributed by atoms with Crippen molar-refractivity contribution in [2.75, 3.05) is 5.32 Å². The van der Waals surface area contributed by atoms with Crippen LogP contribution >= 0.6 is 11.8 Å². The lowest BCUT2D eigenvalue weighted by molar-refractivity contribution is -0.222. The molecule has 1 fully saturated rings. The van der Waals surface area contributed by atoms with Gasteiger partial charge < -0.3 is 14.8 Å². The van der Waals surface area contributed by atoms with Gasteiger partial charge in [0.05, 0.1) is 5.56 Å². The topological polar surface area (TPSA) is 101 Å². The van der Waals surface area contributed by atoms with Crippen LogP contribution < -0.4 is 5.32 Å². The standard InChI is InChI=1S/C19H15N3O4S/c1-19(2)25-17(23)15(18(24)26-19)11-22-13-5-7-14(8-6-13)27-16-12(10-20)4-3-9-21-16/h3-9,11,22H,1-2H3. The summed E-state index contributed by atoms with van der Waals surface area (Å²) in [4.78, 5) is 28.9. The van der Waals surface area contributed by atoms with E-state index >= 15 is 0 Å². The highest BCUT2D eigenvalue weighted by molar-refractivity contribution is 7.99. The van der Waals surface area contributed by atoms with E-state index in [2.05, 4.69) is 16.4 Å². The number of carbonyl (C=O) groups is 2. The number of ether oxygens (including phenoxy) is 2. The van der Waals surface area contributed by atoms with E-state index in [-0.39, 0.29) is 5.57 Å². The molecule has 1 aromatic carbocycles. The van der Waals surface area contributed by atoms with Gasteiger partial charge in [-0.2, -0.15) is 5.26 Å². The van der Waals surface area contributed by atoms with E-state index in [1.807, 2.05) is 12.1 Å². The maximum atomic E-state index is 11.9. The summed E-state index contributed by atoms with van der Waals surface area (Å²) in [6.07, 6.45) is 2.89. The van der Waals surface area contributed by atoms with E-state index in [1.54, 1.807) is 30.5 Å². The molecule has 0 unspecified atom stereocenters. The van der Waals surface area contributed by atoms with Crippen molar-refractivity contribution >= 4 is 29.4 Å². The Hall–Kier alpha value is -3.31. The zero-order valence-electron chi connectivity index (χ0n) is 14.6. The van der Waals surface area contributed by atoms with E-state index in [4.69, 9.17) is 14.7 Å². The molecular formula is C19H15N3O4S. The maximum absolute atomic E-state index is 11.9. The molecule has 0 radical (unpaired) electrons. The third-order valence-corrected chi connectivity index (χ3v) is 4.49. The van der Waals surface area contributed by atoms with Crippen molar-refractivity contribution in [1.82, 2.24) is 4.98 Å². The van der Waals surface area contributed by atoms with Crippen LogP contribution in [0.3, 0.4) is 0 Å². The molecule has 1 N–H and O–H groups in total. The smallest absolute Gasteiger partial charge is 0.350 e. The molecule has 2 aromatic rings. The molecule has 1 aromatic heterocycles. The fourth-order valence-corrected chi connectivity index (χ4v) is 3.05. The van der Waals surface area contributed by atoms with Gasteiger partial charge in [0, 0.05) is 36.8 Å². The molecule has 2 heterocycles. The molecule has 27 heavy (non-hydrogen) atoms. The van der Waals surface area contributed by atoms with Gasteiger partial charge in [-0.05, 0) is 36.4 Å². The number of cyclic esters (lactones) is 2. The van der Waals surface area contributed by atoms with Crippen molar-refractivity contribution in [2.24, 2.45) is 0 Å². The number of carbonyl (C=O) groups excluding carboxylic acids is 2. The molecule has 1 saturated heterocycles. The Morgan fingerprint density at radius 2 is 1.81 bits per heavy atom. The van der Waals surface area contributed by atoms with Gasteiger partial charge in [0.2, 0.25) is 0 Å². The number of rotatable bonds is 4. The van der Waals surface area contributed by atoms with Gasteiger partial charge in [-0.15, -0.1) is 0 Å². The SMILES string of the molecule is CC1(C)OC(=O)C(=CNc2ccc(Sc3ncccc3C#N)cc2)C(=O)O1. The molecule has 1 aliphatic rings. The first-order valence-electron chi connectivity index (χ1n) is 7.94. The van der Waals surface area contributed by atoms with E-state index in [0.717, 1.165) is 4.90 Å². The number of aromatic nitrogens is 1. The highest BCUT2D eigenvalue weighted by atomic mass is 32.2. The Bertz CT molecular complexity index is 940. The summed E-state index contributed by atoms with van der Waals surface area (Å²) < 4.78 is 10.1. The van der Waals surface area contributed by atoms with Crippen LogP contribution in [0, 0.1) is 11.3 Å². The highest BCUT2D eigenvalue weighted by Crippen LogP contribution is 2.29. The molecule has 1 aliphatic heterocycles. The van der Waals surface area contributed by atoms with Gasteiger partial charge in [-0.25, -0.2) is 14.6 Å². The second kappa shape index (κ2) is 7.51. The lowest BCUT2D eigenvalue weighted by Crippen LogP contribution is -2.42. The maximum Gasteiger partial charge on any atom is 0.350 e. The van der Waals surface area contributed by atoms with Crippen LogP contribution in [0.1, 0.15) is 19.4 Å². The summed E-state index contributed by atoms with van der Waals surface area (Å²) in [5.41, 5.74) is 0.963. The minimum Gasteiger partial charge on any atom is -0.419 e. The summed E-state index contributed by atoms with van der Waals surface area (Å²) in [5.74, 6) is -2.75. The van der Waals surface area contributed by atoms with E-state index in [9.17, 15) is 9.59 Å². The first kappa shape index (κ1) is 18.5. The molecule has 0 bridgehead atoms. The molecule has 136 valence electrons. The average molecular weight is 381 g/mol. The summed E-state index contributed by atoms with van der Waals surface area (Å²) in [5, 5.41) is 12.6. The van der Waals surface area contributed by atoms with Crippen LogP contribution in [0.5, 0.6) is 0 Å². The zero-order chi connectivity index (χ0) is 19.4. The lowest BCUT2D eigenvalue weighted by Gasteiger charge is -2.29. The van der Waals surface area contributed by atoms with Gasteiger partial charge in [-0.3, -0.25) is 0 Å². The molecule has 7 nitrogen and oxygen atoms in total. The van der Waals surface area contributed by atoms with Crippen molar-refractivity contribution in [3.8, 4) is 6.07 Å². The molecule has 0 aliphatic carbocycles. The van der Waals surface area contributed by atoms with Gasteiger partial charge in [-0.1, -0.05) is 11.8 Å². The van der Waals surface area contributed by atoms with E-state index < -0.39 is 17.7 Å². The van der Waals surface area contributed by atoms with Crippen molar-refractivity contribution in [2.45, 2.75) is 29.6 Å². The molecule has 0 saturated carbocycles. The number of esters is 2. The number of hydrogen-bond donors (Lipinski definition) is 1. The summed E-state index contributed by atoms with van der Waals surface area (Å²) in [6, 6.07) is 12.8. The molecular weight excluding hydrogens is 366 g/mol. The highest BCUT2D eigenvalue weighted by Gasteiger charge is 2.38. The van der Waals surface area contributed by atoms with Gasteiger partial charge >= 0.3 is 11.9 Å². The number of hydrogen-bond acceptors (Lipinski definition) is 8. The fraction of sp³-hybridized carbons (Fsp3) is 0.158. The van der Waals surface area contributed by atoms with Crippen LogP contribution in [0.25, 0.3) is 0 Å². The first-order chi connectivity index (χ1) is 12.9. The minimum atomic E-state index is -1.27. The quantitative estimate of drug-likeness (QED) is 0.489. The van der Waals surface area contributed by atoms with E-state index in [0.29, 0.717) is 16.3 Å². The molecule has 0 spiro atoms. The van der Waals surface area contributed by atoms with Crippen molar-refractivity contribution < 1.29 is 19.1 Å². The zero-order valence-corrected chi connectivity index (χ0v) is 15.4. The summed E-state index contributed by atoms with van der Waals surface area (Å²) in [6.45, 7) is 2.98. The van der Waals surface area contributed by atoms with Crippen LogP contribution in [0.2, 0.25) is 0 Å². The summed E-state index contributed by atoms with van der Waals surface area (Å²) >= 11 is 1.37. The van der Waals surface area contributed by atoms with Gasteiger partial charge in [0.15, 0.2) is 5.57 Å².